The molecule has 1 aliphatic heterocycles. The van der Waals surface area contributed by atoms with Crippen LogP contribution >= 0.6 is 0 Å². The number of carbonyl (C=O) groups is 2. The molecule has 0 unspecified atom stereocenters. The summed E-state index contributed by atoms with van der Waals surface area (Å²) in [5.41, 5.74) is 4.62. The number of amides is 2. The molecule has 0 aromatic heterocycles. The zero-order chi connectivity index (χ0) is 20.8. The lowest BCUT2D eigenvalue weighted by atomic mass is 10.1. The largest absolute Gasteiger partial charge is 0.369 e. The number of carbonyl (C=O) groups excluding carboxylic acids is 2. The summed E-state index contributed by atoms with van der Waals surface area (Å²) in [6, 6.07) is 13.6. The van der Waals surface area contributed by atoms with Crippen molar-refractivity contribution in [1.29, 1.82) is 0 Å². The molecular formula is C23H30N4O2. The van der Waals surface area contributed by atoms with E-state index in [-0.39, 0.29) is 18.2 Å². The molecule has 3 rings (SSSR count). The van der Waals surface area contributed by atoms with E-state index < -0.39 is 0 Å². The van der Waals surface area contributed by atoms with Gasteiger partial charge in [-0.05, 0) is 56.3 Å². The van der Waals surface area contributed by atoms with Gasteiger partial charge in [0, 0.05) is 56.1 Å². The van der Waals surface area contributed by atoms with Gasteiger partial charge in [-0.3, -0.25) is 9.59 Å². The van der Waals surface area contributed by atoms with Crippen molar-refractivity contribution in [2.45, 2.75) is 20.3 Å². The van der Waals surface area contributed by atoms with Crippen LogP contribution in [0.1, 0.15) is 27.9 Å². The zero-order valence-corrected chi connectivity index (χ0v) is 17.5. The highest BCUT2D eigenvalue weighted by Crippen LogP contribution is 2.23. The van der Waals surface area contributed by atoms with E-state index in [9.17, 15) is 9.59 Å². The predicted octanol–water partition coefficient (Wildman–Crippen LogP) is 2.81. The Morgan fingerprint density at radius 1 is 0.966 bits per heavy atom. The first-order valence-corrected chi connectivity index (χ1v) is 10.1. The van der Waals surface area contributed by atoms with Crippen LogP contribution in [0, 0.1) is 13.8 Å². The number of hydrogen-bond donors (Lipinski definition) is 2. The van der Waals surface area contributed by atoms with Crippen LogP contribution in [0.3, 0.4) is 0 Å². The lowest BCUT2D eigenvalue weighted by Gasteiger charge is -2.34. The first-order valence-electron chi connectivity index (χ1n) is 10.1. The Morgan fingerprint density at radius 2 is 1.69 bits per heavy atom. The quantitative estimate of drug-likeness (QED) is 0.791. The van der Waals surface area contributed by atoms with Gasteiger partial charge in [0.25, 0.3) is 5.91 Å². The number of rotatable bonds is 6. The fourth-order valence-corrected chi connectivity index (χ4v) is 3.47. The van der Waals surface area contributed by atoms with E-state index in [1.807, 2.05) is 38.1 Å². The maximum absolute atomic E-state index is 12.3. The molecule has 1 aliphatic rings. The molecule has 0 saturated carbocycles. The molecule has 2 aromatic carbocycles. The van der Waals surface area contributed by atoms with Crippen LogP contribution in [0.15, 0.2) is 42.5 Å². The predicted molar refractivity (Wildman–Crippen MR) is 118 cm³/mol. The van der Waals surface area contributed by atoms with Crippen molar-refractivity contribution in [2.75, 3.05) is 50.0 Å². The molecule has 0 aliphatic carbocycles. The highest BCUT2D eigenvalue weighted by atomic mass is 16.2. The molecule has 2 N–H and O–H groups in total. The van der Waals surface area contributed by atoms with Crippen molar-refractivity contribution in [1.82, 2.24) is 10.2 Å². The molecule has 6 nitrogen and oxygen atoms in total. The summed E-state index contributed by atoms with van der Waals surface area (Å²) in [6.45, 7) is 8.37. The first kappa shape index (κ1) is 20.9. The number of nitrogens with zero attached hydrogens (tertiary/aromatic N) is 2. The summed E-state index contributed by atoms with van der Waals surface area (Å²) in [6.07, 6.45) is 0.233. The third kappa shape index (κ3) is 5.57. The fourth-order valence-electron chi connectivity index (χ4n) is 3.47. The summed E-state index contributed by atoms with van der Waals surface area (Å²) < 4.78 is 0. The molecule has 1 heterocycles. The summed E-state index contributed by atoms with van der Waals surface area (Å²) in [4.78, 5) is 29.2. The van der Waals surface area contributed by atoms with Gasteiger partial charge in [-0.1, -0.05) is 18.2 Å². The van der Waals surface area contributed by atoms with E-state index in [2.05, 4.69) is 39.6 Å². The highest BCUT2D eigenvalue weighted by molar-refractivity contribution is 5.96. The zero-order valence-electron chi connectivity index (χ0n) is 17.5. The summed E-state index contributed by atoms with van der Waals surface area (Å²) in [7, 11) is 2.14. The molecule has 0 radical (unpaired) electrons. The third-order valence-corrected chi connectivity index (χ3v) is 5.38. The Balaban J connectivity index is 1.49. The molecule has 1 fully saturated rings. The third-order valence-electron chi connectivity index (χ3n) is 5.38. The average Bonchev–Trinajstić information content (AvgIpc) is 2.70. The molecule has 0 spiro atoms. The molecule has 1 saturated heterocycles. The Hall–Kier alpha value is -2.86. The monoisotopic (exact) mass is 394 g/mol. The lowest BCUT2D eigenvalue weighted by molar-refractivity contribution is -0.116. The van der Waals surface area contributed by atoms with Crippen molar-refractivity contribution >= 4 is 23.2 Å². The number of benzene rings is 2. The van der Waals surface area contributed by atoms with E-state index in [1.54, 1.807) is 6.07 Å². The fraction of sp³-hybridized carbons (Fsp3) is 0.391. The Morgan fingerprint density at radius 3 is 2.38 bits per heavy atom. The average molecular weight is 395 g/mol. The molecule has 154 valence electrons. The van der Waals surface area contributed by atoms with E-state index in [4.69, 9.17) is 0 Å². The number of hydrogen-bond acceptors (Lipinski definition) is 4. The van der Waals surface area contributed by atoms with Gasteiger partial charge in [0.2, 0.25) is 5.91 Å². The molecule has 29 heavy (non-hydrogen) atoms. The lowest BCUT2D eigenvalue weighted by Crippen LogP contribution is -2.44. The van der Waals surface area contributed by atoms with Crippen LogP contribution in [-0.2, 0) is 4.79 Å². The van der Waals surface area contributed by atoms with Crippen molar-refractivity contribution in [3.8, 4) is 0 Å². The van der Waals surface area contributed by atoms with Gasteiger partial charge in [0.1, 0.15) is 0 Å². The van der Waals surface area contributed by atoms with Crippen molar-refractivity contribution < 1.29 is 9.59 Å². The van der Waals surface area contributed by atoms with Crippen LogP contribution in [-0.4, -0.2) is 56.5 Å². The Bertz CT molecular complexity index is 873. The summed E-state index contributed by atoms with van der Waals surface area (Å²) in [5, 5.41) is 5.77. The molecule has 2 aromatic rings. The van der Waals surface area contributed by atoms with Gasteiger partial charge in [-0.2, -0.15) is 0 Å². The number of piperazine rings is 1. The maximum atomic E-state index is 12.3. The maximum Gasteiger partial charge on any atom is 0.251 e. The van der Waals surface area contributed by atoms with Gasteiger partial charge in [-0.15, -0.1) is 0 Å². The normalized spacial score (nSPS) is 14.5. The standard InChI is InChI=1S/C23H30N4O2/c1-17-6-4-5-7-20(17)23(29)24-11-10-22(28)25-21-9-8-19(16-18(21)2)27-14-12-26(3)13-15-27/h4-9,16H,10-15H2,1-3H3,(H,24,29)(H,25,28). The SMILES string of the molecule is Cc1cc(N2CCN(C)CC2)ccc1NC(=O)CCNC(=O)c1ccccc1C. The molecule has 6 heteroatoms. The highest BCUT2D eigenvalue weighted by Gasteiger charge is 2.15. The smallest absolute Gasteiger partial charge is 0.251 e. The Labute approximate surface area is 172 Å². The van der Waals surface area contributed by atoms with Crippen LogP contribution < -0.4 is 15.5 Å². The first-order chi connectivity index (χ1) is 13.9. The van der Waals surface area contributed by atoms with E-state index in [0.717, 1.165) is 43.0 Å². The minimum absolute atomic E-state index is 0.106. The minimum Gasteiger partial charge on any atom is -0.369 e. The van der Waals surface area contributed by atoms with E-state index >= 15 is 0 Å². The van der Waals surface area contributed by atoms with Crippen LogP contribution in [0.5, 0.6) is 0 Å². The molecule has 0 atom stereocenters. The second-order valence-electron chi connectivity index (χ2n) is 7.66. The van der Waals surface area contributed by atoms with E-state index in [0.29, 0.717) is 12.1 Å². The van der Waals surface area contributed by atoms with Crippen molar-refractivity contribution in [3.05, 3.63) is 59.2 Å². The van der Waals surface area contributed by atoms with Crippen molar-refractivity contribution in [2.24, 2.45) is 0 Å². The van der Waals surface area contributed by atoms with Crippen LogP contribution in [0.25, 0.3) is 0 Å². The second kappa shape index (κ2) is 9.56. The van der Waals surface area contributed by atoms with Gasteiger partial charge in [0.15, 0.2) is 0 Å². The number of anilines is 2. The number of aryl methyl sites for hydroxylation is 2. The van der Waals surface area contributed by atoms with E-state index in [1.165, 1.54) is 5.69 Å². The number of likely N-dealkylation sites (N-methyl/N-ethyl adjacent to an activating group) is 1. The van der Waals surface area contributed by atoms with Gasteiger partial charge in [0.05, 0.1) is 0 Å². The molecular weight excluding hydrogens is 364 g/mol. The second-order valence-corrected chi connectivity index (χ2v) is 7.66. The van der Waals surface area contributed by atoms with Gasteiger partial charge < -0.3 is 20.4 Å². The van der Waals surface area contributed by atoms with Crippen LogP contribution in [0.4, 0.5) is 11.4 Å². The molecule has 0 bridgehead atoms. The van der Waals surface area contributed by atoms with Gasteiger partial charge in [-0.25, -0.2) is 0 Å². The molecule has 2 amide bonds. The minimum atomic E-state index is -0.149. The topological polar surface area (TPSA) is 64.7 Å². The Kier molecular flexibility index (Phi) is 6.88. The summed E-state index contributed by atoms with van der Waals surface area (Å²) in [5.74, 6) is -0.255. The van der Waals surface area contributed by atoms with Crippen molar-refractivity contribution in [3.63, 3.8) is 0 Å². The summed E-state index contributed by atoms with van der Waals surface area (Å²) >= 11 is 0. The van der Waals surface area contributed by atoms with Gasteiger partial charge >= 0.3 is 0 Å². The van der Waals surface area contributed by atoms with Crippen LogP contribution in [0.2, 0.25) is 0 Å². The number of nitrogens with one attached hydrogen (secondary N) is 2.